The second-order valence-electron chi connectivity index (χ2n) is 3.85. The van der Waals surface area contributed by atoms with Gasteiger partial charge in [0.1, 0.15) is 0 Å². The van der Waals surface area contributed by atoms with Gasteiger partial charge in [0, 0.05) is 18.8 Å². The molecule has 0 unspecified atom stereocenters. The monoisotopic (exact) mass is 260 g/mol. The van der Waals surface area contributed by atoms with E-state index in [2.05, 4.69) is 0 Å². The van der Waals surface area contributed by atoms with Crippen molar-refractivity contribution in [1.82, 2.24) is 0 Å². The highest BCUT2D eigenvalue weighted by Crippen LogP contribution is 2.28. The maximum Gasteiger partial charge on any atom is 0.153 e. The Morgan fingerprint density at radius 2 is 1.88 bits per heavy atom. The third kappa shape index (κ3) is 2.41. The molecule has 1 aliphatic rings. The quantitative estimate of drug-likeness (QED) is 0.770. The van der Waals surface area contributed by atoms with E-state index in [1.54, 1.807) is 18.2 Å². The van der Waals surface area contributed by atoms with Crippen LogP contribution in [0.25, 0.3) is 0 Å². The van der Waals surface area contributed by atoms with Gasteiger partial charge >= 0.3 is 0 Å². The van der Waals surface area contributed by atoms with Crippen molar-refractivity contribution in [3.8, 4) is 0 Å². The molecule has 1 heterocycles. The van der Waals surface area contributed by atoms with Crippen molar-refractivity contribution < 1.29 is 8.42 Å². The highest BCUT2D eigenvalue weighted by Gasteiger charge is 2.22. The molecule has 0 bridgehead atoms. The molecule has 0 radical (unpaired) electrons. The molecule has 0 amide bonds. The number of sulfone groups is 1. The Hall–Kier alpha value is -0.940. The third-order valence-electron chi connectivity index (χ3n) is 2.66. The SMILES string of the molecule is Nc1ccc(Cl)c(N2CCS(=O)(=O)CC2)c1. The number of benzene rings is 1. The lowest BCUT2D eigenvalue weighted by Crippen LogP contribution is -2.40. The molecule has 16 heavy (non-hydrogen) atoms. The van der Waals surface area contributed by atoms with E-state index in [4.69, 9.17) is 17.3 Å². The fourth-order valence-corrected chi connectivity index (χ4v) is 3.16. The molecule has 0 atom stereocenters. The molecule has 6 heteroatoms. The number of hydrogen-bond acceptors (Lipinski definition) is 4. The lowest BCUT2D eigenvalue weighted by molar-refractivity contribution is 0.587. The highest BCUT2D eigenvalue weighted by atomic mass is 35.5. The number of nitrogen functional groups attached to an aromatic ring is 1. The Labute approximate surface area is 99.9 Å². The summed E-state index contributed by atoms with van der Waals surface area (Å²) >= 11 is 6.05. The van der Waals surface area contributed by atoms with Crippen LogP contribution in [0.1, 0.15) is 0 Å². The molecule has 4 nitrogen and oxygen atoms in total. The Morgan fingerprint density at radius 3 is 2.50 bits per heavy atom. The van der Waals surface area contributed by atoms with Crippen molar-refractivity contribution in [1.29, 1.82) is 0 Å². The number of nitrogens with zero attached hydrogens (tertiary/aromatic N) is 1. The second-order valence-corrected chi connectivity index (χ2v) is 6.56. The first-order valence-corrected chi connectivity index (χ1v) is 7.18. The van der Waals surface area contributed by atoms with Crippen LogP contribution in [0.5, 0.6) is 0 Å². The molecule has 0 spiro atoms. The zero-order valence-corrected chi connectivity index (χ0v) is 10.3. The lowest BCUT2D eigenvalue weighted by Gasteiger charge is -2.29. The van der Waals surface area contributed by atoms with Crippen LogP contribution in [0.3, 0.4) is 0 Å². The summed E-state index contributed by atoms with van der Waals surface area (Å²) in [6.45, 7) is 0.955. The number of halogens is 1. The van der Waals surface area contributed by atoms with Crippen molar-refractivity contribution in [3.63, 3.8) is 0 Å². The van der Waals surface area contributed by atoms with Gasteiger partial charge in [-0.2, -0.15) is 0 Å². The van der Waals surface area contributed by atoms with Crippen LogP contribution in [0.2, 0.25) is 5.02 Å². The summed E-state index contributed by atoms with van der Waals surface area (Å²) in [5.41, 5.74) is 7.13. The summed E-state index contributed by atoms with van der Waals surface area (Å²) in [7, 11) is -2.86. The van der Waals surface area contributed by atoms with Crippen LogP contribution in [0.4, 0.5) is 11.4 Å². The Bertz CT molecular complexity index is 488. The van der Waals surface area contributed by atoms with Crippen molar-refractivity contribution >= 4 is 32.8 Å². The molecule has 2 N–H and O–H groups in total. The van der Waals surface area contributed by atoms with Crippen LogP contribution in [0.15, 0.2) is 18.2 Å². The summed E-state index contributed by atoms with van der Waals surface area (Å²) in [5.74, 6) is 0.357. The molecule has 1 aromatic rings. The smallest absolute Gasteiger partial charge is 0.153 e. The molecule has 1 saturated heterocycles. The van der Waals surface area contributed by atoms with Crippen molar-refractivity contribution in [2.75, 3.05) is 35.2 Å². The van der Waals surface area contributed by atoms with E-state index in [0.717, 1.165) is 5.69 Å². The van der Waals surface area contributed by atoms with E-state index in [-0.39, 0.29) is 11.5 Å². The topological polar surface area (TPSA) is 63.4 Å². The standard InChI is InChI=1S/C10H13ClN2O2S/c11-9-2-1-8(12)7-10(9)13-3-5-16(14,15)6-4-13/h1-2,7H,3-6,12H2. The van der Waals surface area contributed by atoms with E-state index in [1.165, 1.54) is 0 Å². The number of anilines is 2. The van der Waals surface area contributed by atoms with Crippen LogP contribution in [0, 0.1) is 0 Å². The summed E-state index contributed by atoms with van der Waals surface area (Å²) < 4.78 is 22.6. The summed E-state index contributed by atoms with van der Waals surface area (Å²) in [6, 6.07) is 5.24. The van der Waals surface area contributed by atoms with Crippen LogP contribution < -0.4 is 10.6 Å². The minimum Gasteiger partial charge on any atom is -0.399 e. The Balaban J connectivity index is 2.23. The minimum atomic E-state index is -2.86. The van der Waals surface area contributed by atoms with Gasteiger partial charge < -0.3 is 10.6 Å². The van der Waals surface area contributed by atoms with E-state index < -0.39 is 9.84 Å². The largest absolute Gasteiger partial charge is 0.399 e. The molecule has 88 valence electrons. The van der Waals surface area contributed by atoms with Crippen LogP contribution in [-0.2, 0) is 9.84 Å². The summed E-state index contributed by atoms with van der Waals surface area (Å²) in [6.07, 6.45) is 0. The van der Waals surface area contributed by atoms with Crippen molar-refractivity contribution in [2.24, 2.45) is 0 Å². The average molecular weight is 261 g/mol. The Morgan fingerprint density at radius 1 is 1.25 bits per heavy atom. The predicted molar refractivity (Wildman–Crippen MR) is 66.7 cm³/mol. The normalized spacial score (nSPS) is 19.7. The van der Waals surface area contributed by atoms with E-state index >= 15 is 0 Å². The molecule has 1 fully saturated rings. The van der Waals surface area contributed by atoms with Gasteiger partial charge in [-0.3, -0.25) is 0 Å². The van der Waals surface area contributed by atoms with Gasteiger partial charge in [0.15, 0.2) is 9.84 Å². The van der Waals surface area contributed by atoms with Crippen LogP contribution >= 0.6 is 11.6 Å². The van der Waals surface area contributed by atoms with Gasteiger partial charge in [-0.25, -0.2) is 8.42 Å². The van der Waals surface area contributed by atoms with Crippen molar-refractivity contribution in [3.05, 3.63) is 23.2 Å². The zero-order valence-electron chi connectivity index (χ0n) is 8.69. The van der Waals surface area contributed by atoms with E-state index in [1.807, 2.05) is 4.90 Å². The molecular weight excluding hydrogens is 248 g/mol. The van der Waals surface area contributed by atoms with E-state index in [9.17, 15) is 8.42 Å². The first-order valence-electron chi connectivity index (χ1n) is 4.98. The van der Waals surface area contributed by atoms with E-state index in [0.29, 0.717) is 23.8 Å². The Kier molecular flexibility index (Phi) is 2.99. The number of nitrogens with two attached hydrogens (primary N) is 1. The third-order valence-corrected chi connectivity index (χ3v) is 4.58. The van der Waals surface area contributed by atoms with Gasteiger partial charge in [-0.1, -0.05) is 11.6 Å². The summed E-state index contributed by atoms with van der Waals surface area (Å²) in [4.78, 5) is 1.96. The van der Waals surface area contributed by atoms with Gasteiger partial charge in [0.05, 0.1) is 22.2 Å². The highest BCUT2D eigenvalue weighted by molar-refractivity contribution is 7.91. The molecule has 1 aromatic carbocycles. The van der Waals surface area contributed by atoms with Crippen molar-refractivity contribution in [2.45, 2.75) is 0 Å². The predicted octanol–water partition coefficient (Wildman–Crippen LogP) is 1.16. The fourth-order valence-electron chi connectivity index (χ4n) is 1.73. The first-order chi connectivity index (χ1) is 7.48. The molecule has 2 rings (SSSR count). The average Bonchev–Trinajstić information content (AvgIpc) is 2.22. The zero-order chi connectivity index (χ0) is 11.8. The molecule has 1 aliphatic heterocycles. The molecule has 0 aromatic heterocycles. The maximum atomic E-state index is 11.3. The van der Waals surface area contributed by atoms with Crippen LogP contribution in [-0.4, -0.2) is 33.0 Å². The van der Waals surface area contributed by atoms with Gasteiger partial charge in [-0.15, -0.1) is 0 Å². The summed E-state index contributed by atoms with van der Waals surface area (Å²) in [5, 5.41) is 0.605. The van der Waals surface area contributed by atoms with Gasteiger partial charge in [0.25, 0.3) is 0 Å². The fraction of sp³-hybridized carbons (Fsp3) is 0.400. The second kappa shape index (κ2) is 4.14. The molecule has 0 aliphatic carbocycles. The minimum absolute atomic E-state index is 0.179. The van der Waals surface area contributed by atoms with Gasteiger partial charge in [0.2, 0.25) is 0 Å². The number of hydrogen-bond donors (Lipinski definition) is 1. The molecular formula is C10H13ClN2O2S. The first kappa shape index (κ1) is 11.5. The lowest BCUT2D eigenvalue weighted by atomic mass is 10.2. The maximum absolute atomic E-state index is 11.3. The molecule has 0 saturated carbocycles. The van der Waals surface area contributed by atoms with Gasteiger partial charge in [-0.05, 0) is 18.2 Å². The number of rotatable bonds is 1.